The number of benzene rings is 2. The molecule has 0 spiro atoms. The second kappa shape index (κ2) is 10.4. The van der Waals surface area contributed by atoms with Gasteiger partial charge in [-0.05, 0) is 49.9 Å². The Kier molecular flexibility index (Phi) is 7.28. The Labute approximate surface area is 214 Å². The van der Waals surface area contributed by atoms with E-state index in [9.17, 15) is 24.0 Å². The zero-order valence-electron chi connectivity index (χ0n) is 21.0. The standard InChI is InChI=1S/C27H30N4O6/c1-27(2,3)37-26(36)30-22(17-7-5-4-6-8-17)24(34)28-14-16-9-10-19-18(13-16)15-31(25(19)35)20-11-12-21(32)29-23(20)33/h4-10,13,20,22H,11-12,14-15H2,1-3H3,(H,28,34)(H,30,36)(H,29,32,33). The monoisotopic (exact) mass is 506 g/mol. The van der Waals surface area contributed by atoms with E-state index in [1.807, 2.05) is 12.1 Å². The van der Waals surface area contributed by atoms with Gasteiger partial charge in [0.2, 0.25) is 17.7 Å². The van der Waals surface area contributed by atoms with E-state index in [0.29, 0.717) is 17.5 Å². The Balaban J connectivity index is 1.43. The molecule has 2 aromatic carbocycles. The summed E-state index contributed by atoms with van der Waals surface area (Å²) < 4.78 is 5.32. The van der Waals surface area contributed by atoms with Crippen LogP contribution in [-0.4, -0.2) is 46.3 Å². The third kappa shape index (κ3) is 6.14. The number of carbonyl (C=O) groups is 5. The minimum absolute atomic E-state index is 0.165. The summed E-state index contributed by atoms with van der Waals surface area (Å²) in [4.78, 5) is 63.6. The van der Waals surface area contributed by atoms with Gasteiger partial charge in [0.05, 0.1) is 0 Å². The van der Waals surface area contributed by atoms with Crippen molar-refractivity contribution in [1.82, 2.24) is 20.9 Å². The predicted molar refractivity (Wildman–Crippen MR) is 133 cm³/mol. The molecule has 3 N–H and O–H groups in total. The van der Waals surface area contributed by atoms with Crippen LogP contribution in [0.3, 0.4) is 0 Å². The first-order valence-electron chi connectivity index (χ1n) is 12.1. The van der Waals surface area contributed by atoms with Crippen molar-refractivity contribution in [2.24, 2.45) is 0 Å². The van der Waals surface area contributed by atoms with Gasteiger partial charge in [-0.3, -0.25) is 24.5 Å². The molecule has 1 fully saturated rings. The van der Waals surface area contributed by atoms with E-state index in [0.717, 1.165) is 11.1 Å². The maximum atomic E-state index is 13.1. The highest BCUT2D eigenvalue weighted by Crippen LogP contribution is 2.28. The molecule has 2 heterocycles. The van der Waals surface area contributed by atoms with Crippen molar-refractivity contribution in [1.29, 1.82) is 0 Å². The van der Waals surface area contributed by atoms with Crippen molar-refractivity contribution in [3.63, 3.8) is 0 Å². The summed E-state index contributed by atoms with van der Waals surface area (Å²) >= 11 is 0. The first kappa shape index (κ1) is 25.9. The van der Waals surface area contributed by atoms with Gasteiger partial charge in [0.25, 0.3) is 5.91 Å². The molecule has 194 valence electrons. The molecular formula is C27H30N4O6. The summed E-state index contributed by atoms with van der Waals surface area (Å²) in [7, 11) is 0. The SMILES string of the molecule is CC(C)(C)OC(=O)NC(C(=O)NCc1ccc2c(c1)CN(C1CCC(=O)NC1=O)C2=O)c1ccccc1. The molecule has 0 aromatic heterocycles. The second-order valence-electron chi connectivity index (χ2n) is 10.1. The lowest BCUT2D eigenvalue weighted by Gasteiger charge is -2.29. The Morgan fingerprint density at radius 2 is 1.84 bits per heavy atom. The van der Waals surface area contributed by atoms with Crippen LogP contribution in [0.1, 0.15) is 66.7 Å². The zero-order chi connectivity index (χ0) is 26.7. The minimum Gasteiger partial charge on any atom is -0.444 e. The average Bonchev–Trinajstić information content (AvgIpc) is 3.16. The van der Waals surface area contributed by atoms with Crippen molar-refractivity contribution >= 4 is 29.7 Å². The first-order valence-corrected chi connectivity index (χ1v) is 12.1. The van der Waals surface area contributed by atoms with Gasteiger partial charge in [0.15, 0.2) is 0 Å². The van der Waals surface area contributed by atoms with Gasteiger partial charge in [-0.1, -0.05) is 42.5 Å². The van der Waals surface area contributed by atoms with Crippen LogP contribution in [0.15, 0.2) is 48.5 Å². The molecular weight excluding hydrogens is 476 g/mol. The topological polar surface area (TPSA) is 134 Å². The van der Waals surface area contributed by atoms with E-state index >= 15 is 0 Å². The predicted octanol–water partition coefficient (Wildman–Crippen LogP) is 2.33. The highest BCUT2D eigenvalue weighted by molar-refractivity contribution is 6.05. The Morgan fingerprint density at radius 3 is 2.51 bits per heavy atom. The molecule has 2 aliphatic heterocycles. The molecule has 0 saturated carbocycles. The molecule has 0 aliphatic carbocycles. The molecule has 2 aliphatic rings. The van der Waals surface area contributed by atoms with Crippen molar-refractivity contribution in [3.05, 3.63) is 70.8 Å². The van der Waals surface area contributed by atoms with Crippen LogP contribution in [0, 0.1) is 0 Å². The van der Waals surface area contributed by atoms with Gasteiger partial charge in [0.1, 0.15) is 17.7 Å². The van der Waals surface area contributed by atoms with E-state index in [-0.39, 0.29) is 31.3 Å². The van der Waals surface area contributed by atoms with Gasteiger partial charge in [0, 0.05) is 25.1 Å². The van der Waals surface area contributed by atoms with Crippen LogP contribution >= 0.6 is 0 Å². The molecule has 1 saturated heterocycles. The Bertz CT molecular complexity index is 1240. The number of imide groups is 1. The van der Waals surface area contributed by atoms with E-state index in [1.165, 1.54) is 4.90 Å². The van der Waals surface area contributed by atoms with Gasteiger partial charge < -0.3 is 20.3 Å². The number of rotatable bonds is 6. The van der Waals surface area contributed by atoms with Crippen LogP contribution < -0.4 is 16.0 Å². The van der Waals surface area contributed by atoms with Gasteiger partial charge in [-0.2, -0.15) is 0 Å². The number of nitrogens with one attached hydrogen (secondary N) is 3. The maximum Gasteiger partial charge on any atom is 0.408 e. The summed E-state index contributed by atoms with van der Waals surface area (Å²) in [6.07, 6.45) is -0.229. The second-order valence-corrected chi connectivity index (χ2v) is 10.1. The van der Waals surface area contributed by atoms with Crippen molar-refractivity contribution in [2.45, 2.75) is 64.4 Å². The third-order valence-corrected chi connectivity index (χ3v) is 6.11. The number of amides is 5. The number of nitrogens with zero attached hydrogens (tertiary/aromatic N) is 1. The fourth-order valence-corrected chi connectivity index (χ4v) is 4.40. The smallest absolute Gasteiger partial charge is 0.408 e. The lowest BCUT2D eigenvalue weighted by molar-refractivity contribution is -0.137. The number of piperidine rings is 1. The quantitative estimate of drug-likeness (QED) is 0.515. The molecule has 4 rings (SSSR count). The fourth-order valence-electron chi connectivity index (χ4n) is 4.40. The average molecular weight is 507 g/mol. The number of carbonyl (C=O) groups excluding carboxylic acids is 5. The minimum atomic E-state index is -0.963. The first-order chi connectivity index (χ1) is 17.5. The number of alkyl carbamates (subject to hydrolysis) is 1. The fraction of sp³-hybridized carbons (Fsp3) is 0.370. The molecule has 2 unspecified atom stereocenters. The summed E-state index contributed by atoms with van der Waals surface area (Å²) in [5, 5.41) is 7.77. The largest absolute Gasteiger partial charge is 0.444 e. The van der Waals surface area contributed by atoms with Gasteiger partial charge >= 0.3 is 6.09 Å². The van der Waals surface area contributed by atoms with E-state index in [1.54, 1.807) is 57.2 Å². The van der Waals surface area contributed by atoms with Crippen LogP contribution in [0.5, 0.6) is 0 Å². The van der Waals surface area contributed by atoms with E-state index in [4.69, 9.17) is 4.74 Å². The van der Waals surface area contributed by atoms with Gasteiger partial charge in [-0.15, -0.1) is 0 Å². The van der Waals surface area contributed by atoms with E-state index in [2.05, 4.69) is 16.0 Å². The molecule has 0 bridgehead atoms. The number of fused-ring (bicyclic) bond motifs is 1. The third-order valence-electron chi connectivity index (χ3n) is 6.11. The van der Waals surface area contributed by atoms with Crippen LogP contribution in [0.2, 0.25) is 0 Å². The van der Waals surface area contributed by atoms with Crippen LogP contribution in [0.25, 0.3) is 0 Å². The number of hydrogen-bond acceptors (Lipinski definition) is 6. The van der Waals surface area contributed by atoms with Gasteiger partial charge in [-0.25, -0.2) is 4.79 Å². The van der Waals surface area contributed by atoms with E-state index < -0.39 is 35.6 Å². The molecule has 5 amide bonds. The molecule has 2 atom stereocenters. The van der Waals surface area contributed by atoms with Crippen molar-refractivity contribution in [3.8, 4) is 0 Å². The number of ether oxygens (including phenoxy) is 1. The van der Waals surface area contributed by atoms with Crippen LogP contribution in [0.4, 0.5) is 4.79 Å². The summed E-state index contributed by atoms with van der Waals surface area (Å²) in [5.74, 6) is -1.47. The molecule has 10 nitrogen and oxygen atoms in total. The maximum absolute atomic E-state index is 13.1. The highest BCUT2D eigenvalue weighted by Gasteiger charge is 2.39. The summed E-state index contributed by atoms with van der Waals surface area (Å²) in [6, 6.07) is 12.4. The lowest BCUT2D eigenvalue weighted by Crippen LogP contribution is -2.52. The lowest BCUT2D eigenvalue weighted by atomic mass is 10.0. The highest BCUT2D eigenvalue weighted by atomic mass is 16.6. The Hall–Kier alpha value is -4.21. The molecule has 0 radical (unpaired) electrons. The Morgan fingerprint density at radius 1 is 1.11 bits per heavy atom. The van der Waals surface area contributed by atoms with Crippen LogP contribution in [-0.2, 0) is 32.2 Å². The number of hydrogen-bond donors (Lipinski definition) is 3. The summed E-state index contributed by atoms with van der Waals surface area (Å²) in [5.41, 5.74) is 1.88. The molecule has 10 heteroatoms. The van der Waals surface area contributed by atoms with Crippen molar-refractivity contribution < 1.29 is 28.7 Å². The molecule has 2 aromatic rings. The summed E-state index contributed by atoms with van der Waals surface area (Å²) in [6.45, 7) is 5.63. The molecule has 37 heavy (non-hydrogen) atoms. The van der Waals surface area contributed by atoms with Crippen molar-refractivity contribution in [2.75, 3.05) is 0 Å². The normalized spacial score (nSPS) is 18.1. The zero-order valence-corrected chi connectivity index (χ0v) is 21.0.